The number of H-pyrrole nitrogens is 2. The van der Waals surface area contributed by atoms with Crippen LogP contribution in [0.5, 0.6) is 5.75 Å². The largest absolute Gasteiger partial charge is 0.495 e. The summed E-state index contributed by atoms with van der Waals surface area (Å²) in [7, 11) is 4.15. The molecule has 4 N–H and O–H groups in total. The number of aromatic nitrogens is 4. The number of imidazole rings is 2. The summed E-state index contributed by atoms with van der Waals surface area (Å²) in [4.78, 5) is 71.0. The average Bonchev–Trinajstić information content (AvgIpc) is 4.03. The molecule has 2 aromatic heterocycles. The number of hydrogen-bond acceptors (Lipinski definition) is 9. The Bertz CT molecular complexity index is 2150. The molecule has 2 fully saturated rings. The summed E-state index contributed by atoms with van der Waals surface area (Å²) in [5.41, 5.74) is 4.67. The first kappa shape index (κ1) is 51.5. The first-order valence-electron chi connectivity index (χ1n) is 19.0. The zero-order chi connectivity index (χ0) is 40.1. The van der Waals surface area contributed by atoms with E-state index >= 15 is 0 Å². The molecule has 328 valence electrons. The van der Waals surface area contributed by atoms with E-state index in [1.54, 1.807) is 23.1 Å². The molecule has 4 aromatic rings. The van der Waals surface area contributed by atoms with Gasteiger partial charge in [-0.05, 0) is 61.3 Å². The van der Waals surface area contributed by atoms with Crippen LogP contribution in [0, 0.1) is 23.7 Å². The van der Waals surface area contributed by atoms with Gasteiger partial charge in [-0.2, -0.15) is 54.0 Å². The molecule has 4 atom stereocenters. The fourth-order valence-corrected chi connectivity index (χ4v) is 7.39. The third kappa shape index (κ3) is 11.4. The zero-order valence-electron chi connectivity index (χ0n) is 34.9. The molecular formula is C41H58N8O7S4. The molecule has 0 aliphatic carbocycles. The average molecular weight is 903 g/mol. The van der Waals surface area contributed by atoms with Crippen LogP contribution in [0.15, 0.2) is 42.6 Å². The van der Waals surface area contributed by atoms with Crippen molar-refractivity contribution in [2.45, 2.75) is 77.5 Å². The molecule has 2 aliphatic heterocycles. The van der Waals surface area contributed by atoms with Gasteiger partial charge in [0.1, 0.15) is 29.5 Å². The lowest BCUT2D eigenvalue weighted by Gasteiger charge is -2.30. The van der Waals surface area contributed by atoms with Crippen LogP contribution in [0.25, 0.3) is 22.3 Å². The first-order chi connectivity index (χ1) is 26.9. The first-order valence-corrected chi connectivity index (χ1v) is 19.0. The standard InChI is InChI=1S/C41H50N8O7.4H2S/c1-23(2)34(46-40(52)55-6)38(50)48-18-8-10-31(48)36-42-22-30(45-36)26-15-12-25(13-16-26)14-17-27-20-28-29(21-33(27)54-5)44-37(43-28)32-11-9-19-49(32)39(51)35(24(3)4)47-41(53)56-7;;;;/h12-13,15-16,20-24,31-32,34-35H,8-11,18-19H2,1-7H3,(H,42,45)(H,43,44)(H,46,52)(H,47,53);4*1H2/t31-,32-,34-,35-;;;;/m0..../s1. The van der Waals surface area contributed by atoms with Crippen LogP contribution >= 0.6 is 54.0 Å². The van der Waals surface area contributed by atoms with Gasteiger partial charge in [-0.25, -0.2) is 19.6 Å². The van der Waals surface area contributed by atoms with Crippen molar-refractivity contribution in [3.63, 3.8) is 0 Å². The summed E-state index contributed by atoms with van der Waals surface area (Å²) in [6.07, 6.45) is 3.64. The number of rotatable bonds is 10. The van der Waals surface area contributed by atoms with Crippen molar-refractivity contribution in [2.75, 3.05) is 34.4 Å². The molecule has 15 nitrogen and oxygen atoms in total. The van der Waals surface area contributed by atoms with Gasteiger partial charge >= 0.3 is 12.2 Å². The Kier molecular flexibility index (Phi) is 19.6. The summed E-state index contributed by atoms with van der Waals surface area (Å²) in [6, 6.07) is 9.63. The van der Waals surface area contributed by atoms with E-state index in [1.807, 2.05) is 64.1 Å². The fraction of sp³-hybridized carbons (Fsp3) is 0.463. The second kappa shape index (κ2) is 22.8. The molecule has 2 saturated heterocycles. The van der Waals surface area contributed by atoms with Crippen molar-refractivity contribution in [2.24, 2.45) is 11.8 Å². The minimum atomic E-state index is -0.720. The van der Waals surface area contributed by atoms with Crippen LogP contribution in [0.2, 0.25) is 0 Å². The molecule has 4 heterocycles. The molecule has 60 heavy (non-hydrogen) atoms. The van der Waals surface area contributed by atoms with Gasteiger partial charge < -0.3 is 44.6 Å². The number of aromatic amines is 2. The number of likely N-dealkylation sites (tertiary alicyclic amines) is 2. The third-order valence-electron chi connectivity index (χ3n) is 10.4. The van der Waals surface area contributed by atoms with E-state index < -0.39 is 24.3 Å². The van der Waals surface area contributed by atoms with Gasteiger partial charge in [0, 0.05) is 24.7 Å². The van der Waals surface area contributed by atoms with Gasteiger partial charge in [0.15, 0.2) is 0 Å². The summed E-state index contributed by atoms with van der Waals surface area (Å²) < 4.78 is 15.2. The van der Waals surface area contributed by atoms with Crippen LogP contribution in [-0.2, 0) is 19.1 Å². The molecule has 2 aliphatic rings. The number of hydrogen-bond donors (Lipinski definition) is 4. The normalized spacial score (nSPS) is 16.6. The second-order valence-corrected chi connectivity index (χ2v) is 14.8. The predicted molar refractivity (Wildman–Crippen MR) is 250 cm³/mol. The van der Waals surface area contributed by atoms with Crippen molar-refractivity contribution < 1.29 is 33.4 Å². The summed E-state index contributed by atoms with van der Waals surface area (Å²) in [6.45, 7) is 8.69. The van der Waals surface area contributed by atoms with Crippen LogP contribution in [-0.4, -0.2) is 100 Å². The van der Waals surface area contributed by atoms with Gasteiger partial charge in [0.2, 0.25) is 11.8 Å². The molecule has 0 radical (unpaired) electrons. The lowest BCUT2D eigenvalue weighted by molar-refractivity contribution is -0.136. The van der Waals surface area contributed by atoms with Gasteiger partial charge in [-0.15, -0.1) is 0 Å². The van der Waals surface area contributed by atoms with Gasteiger partial charge in [-0.3, -0.25) is 9.59 Å². The molecular weight excluding hydrogens is 845 g/mol. The molecule has 0 spiro atoms. The number of nitrogens with zero attached hydrogens (tertiary/aromatic N) is 4. The second-order valence-electron chi connectivity index (χ2n) is 14.8. The Morgan fingerprint density at radius 2 is 1.28 bits per heavy atom. The Hall–Kier alpha value is -4.64. The maximum absolute atomic E-state index is 13.6. The third-order valence-corrected chi connectivity index (χ3v) is 10.4. The SMILES string of the molecule is COC(=O)N[C@H](C(=O)N1CCC[C@H]1c1ncc(-c2ccc(C#Cc3cc4[nH]c([C@@H]5CCCN5C(=O)[C@@H](NC(=O)OC)C(C)C)nc4cc3OC)cc2)[nH]1)C(C)C.S.S.S.S. The van der Waals surface area contributed by atoms with Gasteiger partial charge in [0.25, 0.3) is 0 Å². The number of fused-ring (bicyclic) bond motifs is 1. The number of alkyl carbamates (subject to hydrolysis) is 2. The molecule has 4 amide bonds. The van der Waals surface area contributed by atoms with Crippen molar-refractivity contribution >= 4 is 89.0 Å². The number of benzene rings is 2. The van der Waals surface area contributed by atoms with Crippen molar-refractivity contribution in [3.8, 4) is 28.8 Å². The van der Waals surface area contributed by atoms with E-state index in [-0.39, 0.29) is 89.7 Å². The molecule has 19 heteroatoms. The highest BCUT2D eigenvalue weighted by atomic mass is 32.1. The Labute approximate surface area is 379 Å². The number of methoxy groups -OCH3 is 3. The molecule has 0 bridgehead atoms. The number of carbonyl (C=O) groups excluding carboxylic acids is 4. The van der Waals surface area contributed by atoms with E-state index in [1.165, 1.54) is 14.2 Å². The summed E-state index contributed by atoms with van der Waals surface area (Å²) in [5.74, 6) is 7.85. The Morgan fingerprint density at radius 1 is 0.750 bits per heavy atom. The number of carbonyl (C=O) groups is 4. The van der Waals surface area contributed by atoms with E-state index in [4.69, 9.17) is 19.2 Å². The monoisotopic (exact) mass is 902 g/mol. The lowest BCUT2D eigenvalue weighted by Crippen LogP contribution is -2.51. The highest BCUT2D eigenvalue weighted by Gasteiger charge is 2.39. The van der Waals surface area contributed by atoms with Crippen LogP contribution in [0.1, 0.15) is 88.2 Å². The summed E-state index contributed by atoms with van der Waals surface area (Å²) >= 11 is 0. The van der Waals surface area contributed by atoms with Crippen LogP contribution in [0.3, 0.4) is 0 Å². The van der Waals surface area contributed by atoms with E-state index in [0.717, 1.165) is 48.0 Å². The highest BCUT2D eigenvalue weighted by Crippen LogP contribution is 2.35. The number of amides is 4. The fourth-order valence-electron chi connectivity index (χ4n) is 7.39. The molecule has 6 rings (SSSR count). The van der Waals surface area contributed by atoms with E-state index in [9.17, 15) is 19.2 Å². The maximum Gasteiger partial charge on any atom is 0.407 e. The number of ether oxygens (including phenoxy) is 3. The maximum atomic E-state index is 13.6. The number of nitrogens with one attached hydrogen (secondary N) is 4. The van der Waals surface area contributed by atoms with Crippen LogP contribution < -0.4 is 15.4 Å². The minimum Gasteiger partial charge on any atom is -0.495 e. The zero-order valence-corrected chi connectivity index (χ0v) is 38.9. The molecule has 2 aromatic carbocycles. The van der Waals surface area contributed by atoms with E-state index in [0.29, 0.717) is 41.6 Å². The van der Waals surface area contributed by atoms with Gasteiger partial charge in [0.05, 0.1) is 61.9 Å². The topological polar surface area (TPSA) is 184 Å². The van der Waals surface area contributed by atoms with Crippen molar-refractivity contribution in [3.05, 3.63) is 65.4 Å². The minimum absolute atomic E-state index is 0. The lowest BCUT2D eigenvalue weighted by atomic mass is 10.0. The Balaban J connectivity index is 0.00000310. The van der Waals surface area contributed by atoms with Crippen molar-refractivity contribution in [1.29, 1.82) is 0 Å². The van der Waals surface area contributed by atoms with Crippen LogP contribution in [0.4, 0.5) is 9.59 Å². The predicted octanol–water partition coefficient (Wildman–Crippen LogP) is 5.90. The van der Waals surface area contributed by atoms with Gasteiger partial charge in [-0.1, -0.05) is 51.7 Å². The molecule has 0 saturated carbocycles. The smallest absolute Gasteiger partial charge is 0.407 e. The van der Waals surface area contributed by atoms with E-state index in [2.05, 4.69) is 37.4 Å². The quantitative estimate of drug-likeness (QED) is 0.141. The van der Waals surface area contributed by atoms with Crippen molar-refractivity contribution in [1.82, 2.24) is 40.4 Å². The molecule has 0 unspecified atom stereocenters. The highest BCUT2D eigenvalue weighted by molar-refractivity contribution is 7.59. The Morgan fingerprint density at radius 3 is 1.78 bits per heavy atom. The summed E-state index contributed by atoms with van der Waals surface area (Å²) in [5, 5.41) is 5.37.